The van der Waals surface area contributed by atoms with Crippen molar-refractivity contribution in [1.29, 1.82) is 0 Å². The Hall–Kier alpha value is -2.43. The van der Waals surface area contributed by atoms with E-state index in [2.05, 4.69) is 4.74 Å². The topological polar surface area (TPSA) is 69.7 Å². The minimum atomic E-state index is -0.656. The molecule has 0 N–H and O–H groups in total. The fourth-order valence-corrected chi connectivity index (χ4v) is 1.51. The molecule has 0 aromatic heterocycles. The zero-order chi connectivity index (χ0) is 15.1. The van der Waals surface area contributed by atoms with E-state index in [1.807, 2.05) is 0 Å². The fraction of sp³-hybridized carbons (Fsp3) is 0.267. The zero-order valence-corrected chi connectivity index (χ0v) is 11.6. The summed E-state index contributed by atoms with van der Waals surface area (Å²) >= 11 is 0. The van der Waals surface area contributed by atoms with E-state index in [0.29, 0.717) is 11.1 Å². The number of ether oxygens (including phenoxy) is 2. The van der Waals surface area contributed by atoms with Crippen LogP contribution in [0.25, 0.3) is 6.08 Å². The molecule has 5 heteroatoms. The van der Waals surface area contributed by atoms with Gasteiger partial charge in [0.05, 0.1) is 19.3 Å². The van der Waals surface area contributed by atoms with Gasteiger partial charge in [0.1, 0.15) is 5.57 Å². The van der Waals surface area contributed by atoms with Crippen LogP contribution in [0.5, 0.6) is 0 Å². The summed E-state index contributed by atoms with van der Waals surface area (Å²) in [7, 11) is 1.30. The molecule has 0 radical (unpaired) electrons. The largest absolute Gasteiger partial charge is 0.465 e. The van der Waals surface area contributed by atoms with Crippen molar-refractivity contribution in [3.8, 4) is 0 Å². The number of methoxy groups -OCH3 is 1. The summed E-state index contributed by atoms with van der Waals surface area (Å²) in [6.07, 6.45) is 1.43. The normalized spacial score (nSPS) is 10.8. The van der Waals surface area contributed by atoms with E-state index in [0.717, 1.165) is 0 Å². The Kier molecular flexibility index (Phi) is 5.65. The molecule has 0 spiro atoms. The lowest BCUT2D eigenvalue weighted by Crippen LogP contribution is -2.13. The molecule has 0 bridgehead atoms. The Balaban J connectivity index is 3.03. The Morgan fingerprint density at radius 1 is 1.15 bits per heavy atom. The van der Waals surface area contributed by atoms with Gasteiger partial charge in [-0.1, -0.05) is 12.1 Å². The lowest BCUT2D eigenvalue weighted by atomic mass is 10.1. The first-order valence-electron chi connectivity index (χ1n) is 6.07. The van der Waals surface area contributed by atoms with Crippen LogP contribution in [0.3, 0.4) is 0 Å². The van der Waals surface area contributed by atoms with Crippen LogP contribution < -0.4 is 0 Å². The maximum Gasteiger partial charge on any atom is 0.341 e. The summed E-state index contributed by atoms with van der Waals surface area (Å²) in [4.78, 5) is 34.4. The quantitative estimate of drug-likeness (QED) is 0.356. The monoisotopic (exact) mass is 276 g/mol. The minimum absolute atomic E-state index is 0.0299. The molecule has 0 fully saturated rings. The molecule has 1 rings (SSSR count). The van der Waals surface area contributed by atoms with Gasteiger partial charge in [0, 0.05) is 0 Å². The Morgan fingerprint density at radius 3 is 2.20 bits per heavy atom. The summed E-state index contributed by atoms with van der Waals surface area (Å²) in [5.41, 5.74) is 0.985. The van der Waals surface area contributed by atoms with Crippen LogP contribution in [0.4, 0.5) is 0 Å². The van der Waals surface area contributed by atoms with Gasteiger partial charge < -0.3 is 9.47 Å². The first-order valence-corrected chi connectivity index (χ1v) is 6.07. The molecule has 20 heavy (non-hydrogen) atoms. The molecule has 0 aliphatic rings. The molecule has 0 heterocycles. The van der Waals surface area contributed by atoms with Gasteiger partial charge >= 0.3 is 11.9 Å². The molecule has 0 atom stereocenters. The molecular weight excluding hydrogens is 260 g/mol. The van der Waals surface area contributed by atoms with E-state index in [-0.39, 0.29) is 18.0 Å². The molecule has 0 saturated carbocycles. The summed E-state index contributed by atoms with van der Waals surface area (Å²) in [5.74, 6) is -1.48. The fourth-order valence-electron chi connectivity index (χ4n) is 1.51. The van der Waals surface area contributed by atoms with Crippen molar-refractivity contribution in [2.75, 3.05) is 13.7 Å². The van der Waals surface area contributed by atoms with Crippen LogP contribution in [0.15, 0.2) is 29.8 Å². The van der Waals surface area contributed by atoms with Gasteiger partial charge in [-0.2, -0.15) is 0 Å². The van der Waals surface area contributed by atoms with E-state index in [9.17, 15) is 14.4 Å². The van der Waals surface area contributed by atoms with E-state index < -0.39 is 11.9 Å². The molecule has 0 aliphatic heterocycles. The Morgan fingerprint density at radius 2 is 1.75 bits per heavy atom. The summed E-state index contributed by atoms with van der Waals surface area (Å²) in [5, 5.41) is 0. The van der Waals surface area contributed by atoms with Crippen LogP contribution in [0.1, 0.15) is 29.8 Å². The standard InChI is InChI=1S/C15H16O5/c1-4-20-15(18)13(10(2)16)9-11-5-7-12(8-6-11)14(17)19-3/h5-9H,4H2,1-3H3/b13-9-. The Labute approximate surface area is 117 Å². The lowest BCUT2D eigenvalue weighted by molar-refractivity contribution is -0.139. The van der Waals surface area contributed by atoms with Gasteiger partial charge in [0.15, 0.2) is 5.78 Å². The van der Waals surface area contributed by atoms with Crippen molar-refractivity contribution >= 4 is 23.8 Å². The van der Waals surface area contributed by atoms with E-state index in [4.69, 9.17) is 4.74 Å². The number of carbonyl (C=O) groups excluding carboxylic acids is 3. The van der Waals surface area contributed by atoms with Crippen molar-refractivity contribution in [1.82, 2.24) is 0 Å². The SMILES string of the molecule is CCOC(=O)/C(=C\c1ccc(C(=O)OC)cc1)C(C)=O. The van der Waals surface area contributed by atoms with Crippen molar-refractivity contribution in [3.63, 3.8) is 0 Å². The molecule has 0 aliphatic carbocycles. The number of hydrogen-bond acceptors (Lipinski definition) is 5. The predicted octanol–water partition coefficient (Wildman–Crippen LogP) is 2.01. The highest BCUT2D eigenvalue weighted by Gasteiger charge is 2.15. The highest BCUT2D eigenvalue weighted by molar-refractivity contribution is 6.19. The summed E-state index contributed by atoms with van der Waals surface area (Å²) in [6, 6.07) is 6.35. The summed E-state index contributed by atoms with van der Waals surface area (Å²) in [6.45, 7) is 3.16. The van der Waals surface area contributed by atoms with Crippen LogP contribution >= 0.6 is 0 Å². The average molecular weight is 276 g/mol. The Bertz CT molecular complexity index is 540. The number of ketones is 1. The maximum atomic E-state index is 11.6. The van der Waals surface area contributed by atoms with Gasteiger partial charge in [0.2, 0.25) is 0 Å². The summed E-state index contributed by atoms with van der Waals surface area (Å²) < 4.78 is 9.40. The minimum Gasteiger partial charge on any atom is -0.465 e. The van der Waals surface area contributed by atoms with Gasteiger partial charge in [-0.05, 0) is 37.6 Å². The predicted molar refractivity (Wildman–Crippen MR) is 73.1 cm³/mol. The zero-order valence-electron chi connectivity index (χ0n) is 11.6. The molecule has 106 valence electrons. The van der Waals surface area contributed by atoms with Crippen molar-refractivity contribution in [3.05, 3.63) is 41.0 Å². The number of Topliss-reactive ketones (excluding diaryl/α,β-unsaturated/α-hetero) is 1. The molecule has 0 amide bonds. The van der Waals surface area contributed by atoms with Gasteiger partial charge in [-0.3, -0.25) is 4.79 Å². The smallest absolute Gasteiger partial charge is 0.341 e. The first-order chi connectivity index (χ1) is 9.49. The lowest BCUT2D eigenvalue weighted by Gasteiger charge is -2.04. The second kappa shape index (κ2) is 7.23. The number of carbonyl (C=O) groups is 3. The first kappa shape index (κ1) is 15.6. The third kappa shape index (κ3) is 4.05. The van der Waals surface area contributed by atoms with E-state index >= 15 is 0 Å². The van der Waals surface area contributed by atoms with Crippen molar-refractivity contribution < 1.29 is 23.9 Å². The number of rotatable bonds is 5. The van der Waals surface area contributed by atoms with Crippen LogP contribution in [-0.2, 0) is 19.1 Å². The van der Waals surface area contributed by atoms with E-state index in [1.54, 1.807) is 31.2 Å². The number of hydrogen-bond donors (Lipinski definition) is 0. The van der Waals surface area contributed by atoms with Gasteiger partial charge in [0.25, 0.3) is 0 Å². The third-order valence-electron chi connectivity index (χ3n) is 2.52. The number of esters is 2. The third-order valence-corrected chi connectivity index (χ3v) is 2.52. The molecule has 1 aromatic carbocycles. The van der Waals surface area contributed by atoms with Crippen LogP contribution in [-0.4, -0.2) is 31.4 Å². The van der Waals surface area contributed by atoms with Crippen LogP contribution in [0, 0.1) is 0 Å². The van der Waals surface area contributed by atoms with Crippen molar-refractivity contribution in [2.24, 2.45) is 0 Å². The van der Waals surface area contributed by atoms with Gasteiger partial charge in [-0.15, -0.1) is 0 Å². The molecule has 5 nitrogen and oxygen atoms in total. The van der Waals surface area contributed by atoms with E-state index in [1.165, 1.54) is 20.1 Å². The number of benzene rings is 1. The average Bonchev–Trinajstić information content (AvgIpc) is 2.44. The molecule has 0 saturated heterocycles. The second-order valence-electron chi connectivity index (χ2n) is 3.95. The molecule has 1 aromatic rings. The maximum absolute atomic E-state index is 11.6. The molecule has 0 unspecified atom stereocenters. The highest BCUT2D eigenvalue weighted by atomic mass is 16.5. The highest BCUT2D eigenvalue weighted by Crippen LogP contribution is 2.12. The molecular formula is C15H16O5. The van der Waals surface area contributed by atoms with Crippen molar-refractivity contribution in [2.45, 2.75) is 13.8 Å². The van der Waals surface area contributed by atoms with Gasteiger partial charge in [-0.25, -0.2) is 9.59 Å². The second-order valence-corrected chi connectivity index (χ2v) is 3.95. The van der Waals surface area contributed by atoms with Crippen LogP contribution in [0.2, 0.25) is 0 Å².